The summed E-state index contributed by atoms with van der Waals surface area (Å²) in [5.41, 5.74) is 0.875. The molecule has 0 amide bonds. The quantitative estimate of drug-likeness (QED) is 0.684. The molecule has 2 nitrogen and oxygen atoms in total. The lowest BCUT2D eigenvalue weighted by Gasteiger charge is -2.23. The lowest BCUT2D eigenvalue weighted by Crippen LogP contribution is -2.16. The fraction of sp³-hybridized carbons (Fsp3) is 0.417. The third-order valence-corrected chi connectivity index (χ3v) is 2.98. The maximum atomic E-state index is 11.3. The van der Waals surface area contributed by atoms with Crippen LogP contribution in [-0.4, -0.2) is 5.97 Å². The number of carbonyl (C=O) groups is 1. The smallest absolute Gasteiger partial charge is 0.307 e. The predicted molar refractivity (Wildman–Crippen MR) is 58.7 cm³/mol. The Bertz CT molecular complexity index is 381. The maximum Gasteiger partial charge on any atom is 0.307 e. The molecule has 0 bridgehead atoms. The molecule has 1 unspecified atom stereocenters. The van der Waals surface area contributed by atoms with E-state index in [1.165, 1.54) is 0 Å². The largest absolute Gasteiger partial charge is 0.457 e. The zero-order valence-electron chi connectivity index (χ0n) is 8.79. The summed E-state index contributed by atoms with van der Waals surface area (Å²) in [6.07, 6.45) is 0.322. The Morgan fingerprint density at radius 2 is 1.93 bits per heavy atom. The van der Waals surface area contributed by atoms with Gasteiger partial charge in [0.15, 0.2) is 0 Å². The van der Waals surface area contributed by atoms with Crippen molar-refractivity contribution in [1.82, 2.24) is 0 Å². The average Bonchev–Trinajstić information content (AvgIpc) is 2.41. The zero-order valence-corrected chi connectivity index (χ0v) is 9.54. The fourth-order valence-corrected chi connectivity index (χ4v) is 2.08. The van der Waals surface area contributed by atoms with Crippen LogP contribution in [0, 0.1) is 5.41 Å². The average molecular weight is 225 g/mol. The van der Waals surface area contributed by atoms with Crippen LogP contribution in [0.2, 0.25) is 5.02 Å². The molecule has 1 saturated heterocycles. The third-order valence-electron chi connectivity index (χ3n) is 2.73. The lowest BCUT2D eigenvalue weighted by atomic mass is 9.82. The van der Waals surface area contributed by atoms with Crippen molar-refractivity contribution in [2.24, 2.45) is 5.41 Å². The first-order valence-corrected chi connectivity index (χ1v) is 5.32. The van der Waals surface area contributed by atoms with Gasteiger partial charge in [-0.05, 0) is 17.7 Å². The van der Waals surface area contributed by atoms with Crippen molar-refractivity contribution >= 4 is 17.6 Å². The highest BCUT2D eigenvalue weighted by Gasteiger charge is 2.42. The molecule has 0 spiro atoms. The summed E-state index contributed by atoms with van der Waals surface area (Å²) < 4.78 is 5.32. The van der Waals surface area contributed by atoms with Crippen molar-refractivity contribution in [2.75, 3.05) is 0 Å². The molecule has 3 heteroatoms. The van der Waals surface area contributed by atoms with E-state index in [4.69, 9.17) is 16.3 Å². The molecule has 1 atom stereocenters. The van der Waals surface area contributed by atoms with E-state index in [1.807, 2.05) is 38.1 Å². The number of rotatable bonds is 1. The van der Waals surface area contributed by atoms with Crippen LogP contribution in [0.25, 0.3) is 0 Å². The first-order chi connectivity index (χ1) is 6.99. The van der Waals surface area contributed by atoms with E-state index in [9.17, 15) is 4.79 Å². The van der Waals surface area contributed by atoms with Crippen LogP contribution in [0.1, 0.15) is 31.9 Å². The highest BCUT2D eigenvalue weighted by Crippen LogP contribution is 2.45. The topological polar surface area (TPSA) is 26.3 Å². The summed E-state index contributed by atoms with van der Waals surface area (Å²) in [5.74, 6) is -0.125. The van der Waals surface area contributed by atoms with Crippen LogP contribution in [0.4, 0.5) is 0 Å². The number of hydrogen-bond donors (Lipinski definition) is 0. The van der Waals surface area contributed by atoms with E-state index >= 15 is 0 Å². The second-order valence-electron chi connectivity index (χ2n) is 4.59. The van der Waals surface area contributed by atoms with Gasteiger partial charge in [-0.2, -0.15) is 0 Å². The van der Waals surface area contributed by atoms with Crippen LogP contribution >= 0.6 is 11.6 Å². The van der Waals surface area contributed by atoms with Gasteiger partial charge in [0.2, 0.25) is 0 Å². The number of cyclic esters (lactones) is 1. The molecule has 1 heterocycles. The van der Waals surface area contributed by atoms with Crippen LogP contribution < -0.4 is 0 Å². The SMILES string of the molecule is CC1(C)CC(=O)OC1c1ccc(Cl)cc1. The molecule has 0 N–H and O–H groups in total. The molecule has 1 aromatic rings. The van der Waals surface area contributed by atoms with E-state index in [0.29, 0.717) is 11.4 Å². The van der Waals surface area contributed by atoms with Crippen LogP contribution in [-0.2, 0) is 9.53 Å². The van der Waals surface area contributed by atoms with E-state index in [1.54, 1.807) is 0 Å². The predicted octanol–water partition coefficient (Wildman–Crippen LogP) is 3.35. The van der Waals surface area contributed by atoms with Gasteiger partial charge in [0, 0.05) is 10.4 Å². The fourth-order valence-electron chi connectivity index (χ4n) is 1.95. The zero-order chi connectivity index (χ0) is 11.1. The van der Waals surface area contributed by atoms with Crippen molar-refractivity contribution in [1.29, 1.82) is 0 Å². The van der Waals surface area contributed by atoms with E-state index in [0.717, 1.165) is 5.56 Å². The van der Waals surface area contributed by atoms with Crippen molar-refractivity contribution in [3.63, 3.8) is 0 Å². The number of carbonyl (C=O) groups excluding carboxylic acids is 1. The molecule has 0 aromatic heterocycles. The van der Waals surface area contributed by atoms with Gasteiger partial charge in [-0.15, -0.1) is 0 Å². The molecular weight excluding hydrogens is 212 g/mol. The maximum absolute atomic E-state index is 11.3. The van der Waals surface area contributed by atoms with Gasteiger partial charge in [0.05, 0.1) is 6.42 Å². The Labute approximate surface area is 94.2 Å². The monoisotopic (exact) mass is 224 g/mol. The molecule has 1 fully saturated rings. The molecule has 0 radical (unpaired) electrons. The summed E-state index contributed by atoms with van der Waals surface area (Å²) in [4.78, 5) is 11.3. The second-order valence-corrected chi connectivity index (χ2v) is 5.02. The Morgan fingerprint density at radius 3 is 2.40 bits per heavy atom. The first-order valence-electron chi connectivity index (χ1n) is 4.94. The Hall–Kier alpha value is -1.02. The van der Waals surface area contributed by atoms with Gasteiger partial charge in [0.25, 0.3) is 0 Å². The number of ether oxygens (including phenoxy) is 1. The van der Waals surface area contributed by atoms with E-state index in [2.05, 4.69) is 0 Å². The molecule has 80 valence electrons. The molecule has 0 aliphatic carbocycles. The molecule has 1 aliphatic heterocycles. The van der Waals surface area contributed by atoms with Crippen LogP contribution in [0.15, 0.2) is 24.3 Å². The highest BCUT2D eigenvalue weighted by atomic mass is 35.5. The molecule has 0 saturated carbocycles. The minimum atomic E-state index is -0.151. The Balaban J connectivity index is 2.31. The standard InChI is InChI=1S/C12H13ClO2/c1-12(2)7-10(14)15-11(12)8-3-5-9(13)6-4-8/h3-6,11H,7H2,1-2H3. The van der Waals surface area contributed by atoms with E-state index < -0.39 is 0 Å². The van der Waals surface area contributed by atoms with Gasteiger partial charge < -0.3 is 4.74 Å². The molecular formula is C12H13ClO2. The lowest BCUT2D eigenvalue weighted by molar-refractivity contribution is -0.142. The van der Waals surface area contributed by atoms with Crippen LogP contribution in [0.5, 0.6) is 0 Å². The Kier molecular flexibility index (Phi) is 2.47. The van der Waals surface area contributed by atoms with Gasteiger partial charge >= 0.3 is 5.97 Å². The van der Waals surface area contributed by atoms with Gasteiger partial charge in [0.1, 0.15) is 6.10 Å². The number of benzene rings is 1. The molecule has 2 rings (SSSR count). The van der Waals surface area contributed by atoms with Crippen molar-refractivity contribution in [2.45, 2.75) is 26.4 Å². The molecule has 1 aliphatic rings. The Morgan fingerprint density at radius 1 is 1.33 bits per heavy atom. The summed E-state index contributed by atoms with van der Waals surface area (Å²) in [6.45, 7) is 4.08. The summed E-state index contributed by atoms with van der Waals surface area (Å²) >= 11 is 5.81. The first kappa shape index (κ1) is 10.5. The van der Waals surface area contributed by atoms with Crippen molar-refractivity contribution < 1.29 is 9.53 Å². The second kappa shape index (κ2) is 3.53. The highest BCUT2D eigenvalue weighted by molar-refractivity contribution is 6.30. The minimum absolute atomic E-state index is 0.125. The van der Waals surface area contributed by atoms with E-state index in [-0.39, 0.29) is 17.5 Å². The minimum Gasteiger partial charge on any atom is -0.457 e. The van der Waals surface area contributed by atoms with Gasteiger partial charge in [-0.25, -0.2) is 0 Å². The van der Waals surface area contributed by atoms with Crippen molar-refractivity contribution in [3.05, 3.63) is 34.9 Å². The van der Waals surface area contributed by atoms with Crippen LogP contribution in [0.3, 0.4) is 0 Å². The summed E-state index contributed by atoms with van der Waals surface area (Å²) in [6, 6.07) is 7.46. The van der Waals surface area contributed by atoms with Gasteiger partial charge in [-0.1, -0.05) is 37.6 Å². The molecule has 1 aromatic carbocycles. The molecule has 15 heavy (non-hydrogen) atoms. The normalized spacial score (nSPS) is 23.9. The summed E-state index contributed by atoms with van der Waals surface area (Å²) in [7, 11) is 0. The van der Waals surface area contributed by atoms with Crippen molar-refractivity contribution in [3.8, 4) is 0 Å². The number of esters is 1. The number of halogens is 1. The summed E-state index contributed by atoms with van der Waals surface area (Å²) in [5, 5.41) is 0.695. The number of hydrogen-bond acceptors (Lipinski definition) is 2. The van der Waals surface area contributed by atoms with Gasteiger partial charge in [-0.3, -0.25) is 4.79 Å². The third kappa shape index (κ3) is 2.00.